The van der Waals surface area contributed by atoms with Gasteiger partial charge in [0, 0.05) is 50.0 Å². The molecule has 0 aliphatic carbocycles. The topological polar surface area (TPSA) is 81.5 Å². The maximum Gasteiger partial charge on any atom is 0.237 e. The lowest BCUT2D eigenvalue weighted by Crippen LogP contribution is -2.58. The predicted molar refractivity (Wildman–Crippen MR) is 107 cm³/mol. The number of nitriles is 1. The fraction of sp³-hybridized carbons (Fsp3) is 0.476. The number of piperazine rings is 1. The largest absolute Gasteiger partial charge is 0.370 e. The summed E-state index contributed by atoms with van der Waals surface area (Å²) in [6.45, 7) is 7.79. The van der Waals surface area contributed by atoms with Gasteiger partial charge in [-0.2, -0.15) is 5.26 Å². The van der Waals surface area contributed by atoms with Gasteiger partial charge in [-0.3, -0.25) is 14.7 Å². The van der Waals surface area contributed by atoms with E-state index >= 15 is 0 Å². The van der Waals surface area contributed by atoms with Crippen LogP contribution >= 0.6 is 0 Å². The second-order valence-electron chi connectivity index (χ2n) is 7.58. The van der Waals surface area contributed by atoms with Crippen LogP contribution < -0.4 is 10.2 Å². The summed E-state index contributed by atoms with van der Waals surface area (Å²) < 4.78 is 6.20. The van der Waals surface area contributed by atoms with Crippen molar-refractivity contribution < 1.29 is 9.53 Å². The summed E-state index contributed by atoms with van der Waals surface area (Å²) in [5, 5.41) is 13.3. The van der Waals surface area contributed by atoms with Crippen molar-refractivity contribution in [2.45, 2.75) is 32.1 Å². The average Bonchev–Trinajstić information content (AvgIpc) is 2.70. The van der Waals surface area contributed by atoms with Gasteiger partial charge < -0.3 is 15.0 Å². The van der Waals surface area contributed by atoms with Crippen LogP contribution in [0.3, 0.4) is 0 Å². The number of ether oxygens (including phenoxy) is 1. The number of anilines is 1. The third kappa shape index (κ3) is 3.53. The number of hydrogen-bond acceptors (Lipinski definition) is 6. The zero-order valence-electron chi connectivity index (χ0n) is 16.3. The van der Waals surface area contributed by atoms with Crippen molar-refractivity contribution in [3.05, 3.63) is 36.0 Å². The van der Waals surface area contributed by atoms with Gasteiger partial charge in [-0.05, 0) is 38.1 Å². The van der Waals surface area contributed by atoms with E-state index in [0.29, 0.717) is 12.1 Å². The molecule has 1 aromatic heterocycles. The quantitative estimate of drug-likeness (QED) is 0.871. The van der Waals surface area contributed by atoms with Crippen LogP contribution in [0.4, 0.5) is 5.69 Å². The van der Waals surface area contributed by atoms with Crippen molar-refractivity contribution in [3.63, 3.8) is 0 Å². The van der Waals surface area contributed by atoms with E-state index in [0.717, 1.165) is 42.8 Å². The van der Waals surface area contributed by atoms with Gasteiger partial charge in [0.2, 0.25) is 5.91 Å². The molecule has 3 heterocycles. The monoisotopic (exact) mass is 379 g/mol. The summed E-state index contributed by atoms with van der Waals surface area (Å²) >= 11 is 0. The van der Waals surface area contributed by atoms with Crippen molar-refractivity contribution in [1.29, 1.82) is 5.26 Å². The summed E-state index contributed by atoms with van der Waals surface area (Å²) in [6, 6.07) is 9.87. The highest BCUT2D eigenvalue weighted by Gasteiger charge is 2.32. The Kier molecular flexibility index (Phi) is 5.16. The Morgan fingerprint density at radius 2 is 2.18 bits per heavy atom. The Bertz CT molecular complexity index is 925. The first kappa shape index (κ1) is 18.7. The van der Waals surface area contributed by atoms with Crippen LogP contribution in [0.25, 0.3) is 10.9 Å². The lowest BCUT2D eigenvalue weighted by molar-refractivity contribution is -0.129. The molecular formula is C21H25N5O2. The number of pyridine rings is 1. The van der Waals surface area contributed by atoms with Crippen molar-refractivity contribution in [2.75, 3.05) is 37.6 Å². The van der Waals surface area contributed by atoms with E-state index in [1.54, 1.807) is 6.20 Å². The van der Waals surface area contributed by atoms with Gasteiger partial charge in [0.15, 0.2) is 0 Å². The number of morpholine rings is 1. The molecule has 0 radical (unpaired) electrons. The Labute approximate surface area is 164 Å². The Morgan fingerprint density at radius 3 is 3.00 bits per heavy atom. The lowest BCUT2D eigenvalue weighted by atomic mass is 10.1. The molecule has 0 bridgehead atoms. The number of hydrogen-bond donors (Lipinski definition) is 1. The highest BCUT2D eigenvalue weighted by atomic mass is 16.5. The number of carbonyl (C=O) groups is 1. The molecule has 4 rings (SSSR count). The zero-order chi connectivity index (χ0) is 19.7. The summed E-state index contributed by atoms with van der Waals surface area (Å²) in [6.07, 6.45) is 1.81. The molecule has 3 atom stereocenters. The zero-order valence-corrected chi connectivity index (χ0v) is 16.3. The standard InChI is InChI=1S/C21H25N5O2/c1-14-11-26(13-17(28-14)12-25-9-8-24-21(27)15(25)2)19-6-5-16(10-22)20-18(19)4-3-7-23-20/h3-7,14-15,17H,8-9,11-13H2,1-2H3,(H,24,27)/t14-,15+,17-/m1/s1. The van der Waals surface area contributed by atoms with Crippen LogP contribution in [0.5, 0.6) is 0 Å². The van der Waals surface area contributed by atoms with E-state index in [4.69, 9.17) is 4.74 Å². The number of carbonyl (C=O) groups excluding carboxylic acids is 1. The molecule has 1 amide bonds. The molecule has 2 aliphatic rings. The molecule has 7 nitrogen and oxygen atoms in total. The van der Waals surface area contributed by atoms with Gasteiger partial charge in [-0.25, -0.2) is 0 Å². The fourth-order valence-electron chi connectivity index (χ4n) is 4.21. The van der Waals surface area contributed by atoms with Crippen LogP contribution in [-0.4, -0.2) is 66.8 Å². The predicted octanol–water partition coefficient (Wildman–Crippen LogP) is 1.52. The van der Waals surface area contributed by atoms with Crippen molar-refractivity contribution in [1.82, 2.24) is 15.2 Å². The SMILES string of the molecule is C[C@@H]1CN(c2ccc(C#N)c3ncccc23)C[C@@H](CN2CCNC(=O)[C@@H]2C)O1. The number of nitrogens with one attached hydrogen (secondary N) is 1. The maximum absolute atomic E-state index is 12.0. The van der Waals surface area contributed by atoms with Crippen LogP contribution in [0.15, 0.2) is 30.5 Å². The second-order valence-corrected chi connectivity index (χ2v) is 7.58. The van der Waals surface area contributed by atoms with Crippen molar-refractivity contribution in [3.8, 4) is 6.07 Å². The van der Waals surface area contributed by atoms with E-state index in [-0.39, 0.29) is 24.2 Å². The first-order valence-corrected chi connectivity index (χ1v) is 9.77. The minimum Gasteiger partial charge on any atom is -0.370 e. The molecule has 2 saturated heterocycles. The molecule has 0 saturated carbocycles. The summed E-state index contributed by atoms with van der Waals surface area (Å²) in [5.41, 5.74) is 2.40. The number of benzene rings is 1. The third-order valence-electron chi connectivity index (χ3n) is 5.60. The molecule has 0 spiro atoms. The van der Waals surface area contributed by atoms with Crippen LogP contribution in [0.1, 0.15) is 19.4 Å². The summed E-state index contributed by atoms with van der Waals surface area (Å²) in [4.78, 5) is 20.9. The number of aromatic nitrogens is 1. The molecule has 28 heavy (non-hydrogen) atoms. The van der Waals surface area contributed by atoms with E-state index in [9.17, 15) is 10.1 Å². The molecule has 2 aromatic rings. The maximum atomic E-state index is 12.0. The molecule has 1 N–H and O–H groups in total. The third-order valence-corrected chi connectivity index (χ3v) is 5.60. The van der Waals surface area contributed by atoms with E-state index in [1.807, 2.05) is 31.2 Å². The van der Waals surface area contributed by atoms with Crippen molar-refractivity contribution >= 4 is 22.5 Å². The highest BCUT2D eigenvalue weighted by molar-refractivity contribution is 5.95. The molecule has 1 aromatic carbocycles. The molecule has 2 fully saturated rings. The molecule has 0 unspecified atom stereocenters. The van der Waals surface area contributed by atoms with Gasteiger partial charge in [0.05, 0.1) is 29.3 Å². The van der Waals surface area contributed by atoms with Crippen LogP contribution in [0.2, 0.25) is 0 Å². The Morgan fingerprint density at radius 1 is 1.32 bits per heavy atom. The van der Waals surface area contributed by atoms with Crippen LogP contribution in [0, 0.1) is 11.3 Å². The van der Waals surface area contributed by atoms with Gasteiger partial charge >= 0.3 is 0 Å². The summed E-state index contributed by atoms with van der Waals surface area (Å²) in [7, 11) is 0. The normalized spacial score (nSPS) is 26.1. The number of fused-ring (bicyclic) bond motifs is 1. The van der Waals surface area contributed by atoms with E-state index in [2.05, 4.69) is 33.1 Å². The second kappa shape index (κ2) is 7.74. The molecule has 7 heteroatoms. The summed E-state index contributed by atoms with van der Waals surface area (Å²) in [5.74, 6) is 0.0797. The first-order valence-electron chi connectivity index (χ1n) is 9.77. The Hall–Kier alpha value is -2.69. The number of amides is 1. The Balaban J connectivity index is 1.58. The van der Waals surface area contributed by atoms with Gasteiger partial charge in [0.25, 0.3) is 0 Å². The minimum atomic E-state index is -0.136. The van der Waals surface area contributed by atoms with Crippen molar-refractivity contribution in [2.24, 2.45) is 0 Å². The van der Waals surface area contributed by atoms with E-state index in [1.165, 1.54) is 0 Å². The average molecular weight is 379 g/mol. The smallest absolute Gasteiger partial charge is 0.237 e. The number of rotatable bonds is 3. The minimum absolute atomic E-state index is 0.0134. The van der Waals surface area contributed by atoms with Gasteiger partial charge in [0.1, 0.15) is 6.07 Å². The highest BCUT2D eigenvalue weighted by Crippen LogP contribution is 2.30. The molecule has 2 aliphatic heterocycles. The van der Waals surface area contributed by atoms with Gasteiger partial charge in [-0.1, -0.05) is 0 Å². The van der Waals surface area contributed by atoms with E-state index < -0.39 is 0 Å². The van der Waals surface area contributed by atoms with Gasteiger partial charge in [-0.15, -0.1) is 0 Å². The fourth-order valence-corrected chi connectivity index (χ4v) is 4.21. The molecule has 146 valence electrons. The molecular weight excluding hydrogens is 354 g/mol. The lowest BCUT2D eigenvalue weighted by Gasteiger charge is -2.42. The first-order chi connectivity index (χ1) is 13.6. The number of nitrogens with zero attached hydrogens (tertiary/aromatic N) is 4. The van der Waals surface area contributed by atoms with Crippen LogP contribution in [-0.2, 0) is 9.53 Å².